The minimum absolute atomic E-state index is 0.192. The van der Waals surface area contributed by atoms with Crippen LogP contribution >= 0.6 is 0 Å². The van der Waals surface area contributed by atoms with Crippen molar-refractivity contribution in [2.45, 2.75) is 6.92 Å². The van der Waals surface area contributed by atoms with E-state index in [9.17, 15) is 0 Å². The quantitative estimate of drug-likeness (QED) is 0.617. The van der Waals surface area contributed by atoms with Gasteiger partial charge in [0.25, 0.3) is 0 Å². The second-order valence-electron chi connectivity index (χ2n) is 1.69. The second-order valence-corrected chi connectivity index (χ2v) is 2.61. The molecule has 48 valence electrons. The van der Waals surface area contributed by atoms with Crippen LogP contribution in [0.25, 0.3) is 0 Å². The zero-order chi connectivity index (χ0) is 6.85. The van der Waals surface area contributed by atoms with Crippen LogP contribution in [0.2, 0.25) is 0 Å². The third-order valence-corrected chi connectivity index (χ3v) is 1.72. The summed E-state index contributed by atoms with van der Waals surface area (Å²) < 4.78 is 5.59. The van der Waals surface area contributed by atoms with Crippen molar-refractivity contribution in [3.05, 3.63) is 22.2 Å². The van der Waals surface area contributed by atoms with E-state index >= 15 is 0 Å². The van der Waals surface area contributed by atoms with E-state index in [0.717, 1.165) is 4.06 Å². The molecule has 1 aromatic rings. The fourth-order valence-electron chi connectivity index (χ4n) is 0.506. The van der Waals surface area contributed by atoms with Gasteiger partial charge < -0.3 is 0 Å². The molecule has 0 amide bonds. The molecule has 0 aliphatic rings. The minimum atomic E-state index is 0.192. The fourth-order valence-corrected chi connectivity index (χ4v) is 0.924. The first-order valence-electron chi connectivity index (χ1n) is 2.49. The Morgan fingerprint density at radius 3 is 2.78 bits per heavy atom. The molecule has 9 heavy (non-hydrogen) atoms. The van der Waals surface area contributed by atoms with Crippen LogP contribution in [0, 0.1) is 11.0 Å². The van der Waals surface area contributed by atoms with Crippen molar-refractivity contribution in [1.82, 2.24) is 0 Å². The average molecular weight is 189 g/mol. The Hall–Kier alpha value is -0.531. The van der Waals surface area contributed by atoms with Crippen LogP contribution in [-0.2, 0) is 0 Å². The topological polar surface area (TPSA) is 33.4 Å². The van der Waals surface area contributed by atoms with Crippen molar-refractivity contribution in [2.24, 2.45) is 0 Å². The van der Waals surface area contributed by atoms with Crippen LogP contribution < -0.4 is 0 Å². The van der Waals surface area contributed by atoms with Crippen LogP contribution in [0.5, 0.6) is 5.75 Å². The molecular weight excluding hydrogens is 183 g/mol. The molecule has 0 aliphatic heterocycles. The number of hydrogen-bond acceptors (Lipinski definition) is 2. The summed E-state index contributed by atoms with van der Waals surface area (Å²) in [6.45, 7) is 1.70. The number of hydrogen-bond donors (Lipinski definition) is 1. The fraction of sp³-hybridized carbons (Fsp3) is 0.167. The SMILES string of the molecule is Cc1occc(=[Se])c1O. The molecular formula is C6H6O2Se. The maximum atomic E-state index is 9.08. The van der Waals surface area contributed by atoms with E-state index in [1.807, 2.05) is 0 Å². The summed E-state index contributed by atoms with van der Waals surface area (Å²) in [4.78, 5) is 0. The Morgan fingerprint density at radius 1 is 1.67 bits per heavy atom. The molecule has 0 saturated heterocycles. The standard InChI is InChI=1S/C6H6O2Se/c1-4-6(7)5(9)2-3-8-4/h2-3,7H,1H3. The van der Waals surface area contributed by atoms with Crippen LogP contribution in [0.1, 0.15) is 5.76 Å². The zero-order valence-corrected chi connectivity index (χ0v) is 6.63. The van der Waals surface area contributed by atoms with Crippen molar-refractivity contribution < 1.29 is 9.52 Å². The molecule has 1 aromatic heterocycles. The van der Waals surface area contributed by atoms with Gasteiger partial charge in [0.05, 0.1) is 0 Å². The molecule has 0 aromatic carbocycles. The molecule has 2 nitrogen and oxygen atoms in total. The van der Waals surface area contributed by atoms with Crippen molar-refractivity contribution >= 4 is 15.6 Å². The van der Waals surface area contributed by atoms with E-state index in [4.69, 9.17) is 9.52 Å². The molecule has 0 aliphatic carbocycles. The summed E-state index contributed by atoms with van der Waals surface area (Å²) >= 11 is 2.70. The van der Waals surface area contributed by atoms with Gasteiger partial charge in [0.2, 0.25) is 0 Å². The maximum absolute atomic E-state index is 9.08. The Labute approximate surface area is 60.5 Å². The third-order valence-electron chi connectivity index (χ3n) is 1.03. The summed E-state index contributed by atoms with van der Waals surface area (Å²) in [5, 5.41) is 9.08. The average Bonchev–Trinajstić information content (AvgIpc) is 1.83. The molecule has 1 heterocycles. The Morgan fingerprint density at radius 2 is 2.33 bits per heavy atom. The van der Waals surface area contributed by atoms with Gasteiger partial charge in [0.15, 0.2) is 0 Å². The predicted octanol–water partition coefficient (Wildman–Crippen LogP) is 0.994. The van der Waals surface area contributed by atoms with Gasteiger partial charge in [0, 0.05) is 0 Å². The molecule has 1 rings (SSSR count). The van der Waals surface area contributed by atoms with Gasteiger partial charge >= 0.3 is 59.9 Å². The van der Waals surface area contributed by atoms with Gasteiger partial charge in [-0.25, -0.2) is 0 Å². The van der Waals surface area contributed by atoms with Gasteiger partial charge in [-0.3, -0.25) is 0 Å². The van der Waals surface area contributed by atoms with Gasteiger partial charge in [-0.1, -0.05) is 0 Å². The predicted molar refractivity (Wildman–Crippen MR) is 34.1 cm³/mol. The van der Waals surface area contributed by atoms with Crippen LogP contribution in [0.3, 0.4) is 0 Å². The Balaban J connectivity index is 3.43. The first kappa shape index (κ1) is 6.59. The first-order chi connectivity index (χ1) is 4.22. The van der Waals surface area contributed by atoms with Crippen molar-refractivity contribution in [1.29, 1.82) is 0 Å². The van der Waals surface area contributed by atoms with Gasteiger partial charge in [0.1, 0.15) is 0 Å². The van der Waals surface area contributed by atoms with E-state index in [1.54, 1.807) is 13.0 Å². The Kier molecular flexibility index (Phi) is 1.74. The van der Waals surface area contributed by atoms with Gasteiger partial charge in [-0.2, -0.15) is 0 Å². The van der Waals surface area contributed by atoms with Crippen molar-refractivity contribution in [2.75, 3.05) is 0 Å². The molecule has 0 atom stereocenters. The van der Waals surface area contributed by atoms with E-state index in [1.165, 1.54) is 6.26 Å². The summed E-state index contributed by atoms with van der Waals surface area (Å²) in [5.74, 6) is 0.726. The molecule has 1 N–H and O–H groups in total. The second kappa shape index (κ2) is 2.38. The summed E-state index contributed by atoms with van der Waals surface area (Å²) in [5.41, 5.74) is 0. The van der Waals surface area contributed by atoms with E-state index in [0.29, 0.717) is 5.76 Å². The van der Waals surface area contributed by atoms with Crippen molar-refractivity contribution in [3.63, 3.8) is 0 Å². The van der Waals surface area contributed by atoms with Crippen molar-refractivity contribution in [3.8, 4) is 5.75 Å². The summed E-state index contributed by atoms with van der Waals surface area (Å²) in [6, 6.07) is 1.67. The first-order valence-corrected chi connectivity index (χ1v) is 3.35. The third kappa shape index (κ3) is 1.23. The van der Waals surface area contributed by atoms with E-state index in [-0.39, 0.29) is 5.75 Å². The zero-order valence-electron chi connectivity index (χ0n) is 4.92. The van der Waals surface area contributed by atoms with E-state index in [2.05, 4.69) is 15.6 Å². The van der Waals surface area contributed by atoms with E-state index < -0.39 is 0 Å². The molecule has 0 unspecified atom stereocenters. The molecule has 0 radical (unpaired) electrons. The number of rotatable bonds is 0. The van der Waals surface area contributed by atoms with Crippen LogP contribution in [0.4, 0.5) is 0 Å². The van der Waals surface area contributed by atoms with Crippen LogP contribution in [0.15, 0.2) is 16.7 Å². The number of aromatic hydroxyl groups is 1. The molecule has 0 saturated carbocycles. The van der Waals surface area contributed by atoms with Gasteiger partial charge in [-0.15, -0.1) is 0 Å². The normalized spacial score (nSPS) is 9.44. The molecule has 0 spiro atoms. The molecule has 3 heteroatoms. The Bertz CT molecular complexity index is 264. The number of aryl methyl sites for hydroxylation is 1. The summed E-state index contributed by atoms with van der Waals surface area (Å²) in [7, 11) is 0. The van der Waals surface area contributed by atoms with Crippen LogP contribution in [-0.4, -0.2) is 20.7 Å². The summed E-state index contributed by atoms with van der Waals surface area (Å²) in [6.07, 6.45) is 1.53. The molecule has 0 bridgehead atoms. The van der Waals surface area contributed by atoms with Gasteiger partial charge in [-0.05, 0) is 0 Å². The molecule has 0 fully saturated rings. The monoisotopic (exact) mass is 190 g/mol.